The molecule has 0 unspecified atom stereocenters. The van der Waals surface area contributed by atoms with Crippen molar-refractivity contribution in [2.45, 2.75) is 38.2 Å². The molecule has 3 heterocycles. The van der Waals surface area contributed by atoms with Crippen LogP contribution in [-0.4, -0.2) is 57.2 Å². The Hall–Kier alpha value is -4.93. The molecular formula is C42H42Cl3N5O4. The number of rotatable bonds is 9. The second kappa shape index (κ2) is 18.4. The Morgan fingerprint density at radius 3 is 2.24 bits per heavy atom. The first kappa shape index (κ1) is 40.3. The maximum Gasteiger partial charge on any atom is 0.340 e. The number of hydrogen-bond donors (Lipinski definition) is 1. The van der Waals surface area contributed by atoms with E-state index in [9.17, 15) is 4.79 Å². The second-order valence-corrected chi connectivity index (χ2v) is 13.6. The van der Waals surface area contributed by atoms with E-state index < -0.39 is 5.97 Å². The summed E-state index contributed by atoms with van der Waals surface area (Å²) in [6, 6.07) is 42.0. The lowest BCUT2D eigenvalue weighted by atomic mass is 9.74. The molecule has 1 fully saturated rings. The molecule has 1 saturated heterocycles. The van der Waals surface area contributed by atoms with E-state index >= 15 is 0 Å². The Kier molecular flexibility index (Phi) is 13.7. The van der Waals surface area contributed by atoms with Crippen LogP contribution in [0.2, 0.25) is 5.02 Å². The molecule has 9 nitrogen and oxygen atoms in total. The summed E-state index contributed by atoms with van der Waals surface area (Å²) in [4.78, 5) is 16.7. The van der Waals surface area contributed by atoms with Crippen LogP contribution in [-0.2, 0) is 16.8 Å². The predicted octanol–water partition coefficient (Wildman–Crippen LogP) is 5.06. The predicted molar refractivity (Wildman–Crippen MR) is 208 cm³/mol. The van der Waals surface area contributed by atoms with Gasteiger partial charge in [-0.1, -0.05) is 78.3 Å². The summed E-state index contributed by atoms with van der Waals surface area (Å²) in [6.07, 6.45) is 2.12. The lowest BCUT2D eigenvalue weighted by Gasteiger charge is -2.38. The first-order chi connectivity index (χ1) is 25.4. The molecular weight excluding hydrogens is 745 g/mol. The van der Waals surface area contributed by atoms with Gasteiger partial charge in [-0.2, -0.15) is 0 Å². The molecule has 0 amide bonds. The number of halogens is 3. The van der Waals surface area contributed by atoms with Crippen molar-refractivity contribution in [3.05, 3.63) is 149 Å². The van der Waals surface area contributed by atoms with E-state index in [1.807, 2.05) is 138 Å². The SMILES string of the molecule is Cc1cccc(Cl)c1COc1ccc2c(c1)C1(CCN(CCC(=O)O)CC1)CO2.Cl.[Cl-].c1ccc(-c2nn(-c3ccccc3)[n+](-c3ccccc3)n2)cc1. The van der Waals surface area contributed by atoms with Gasteiger partial charge in [0, 0.05) is 32.9 Å². The number of ether oxygens (including phenoxy) is 2. The highest BCUT2D eigenvalue weighted by atomic mass is 35.5. The molecule has 6 aromatic rings. The monoisotopic (exact) mass is 785 g/mol. The third-order valence-corrected chi connectivity index (χ3v) is 10.1. The number of carboxylic acid groups (broad SMARTS) is 1. The molecule has 1 aromatic heterocycles. The maximum atomic E-state index is 10.8. The Morgan fingerprint density at radius 1 is 0.907 bits per heavy atom. The average molecular weight is 787 g/mol. The third-order valence-electron chi connectivity index (χ3n) is 9.78. The summed E-state index contributed by atoms with van der Waals surface area (Å²) in [6.45, 7) is 5.54. The minimum Gasteiger partial charge on any atom is -1.00 e. The van der Waals surface area contributed by atoms with Gasteiger partial charge in [-0.15, -0.1) is 12.4 Å². The van der Waals surface area contributed by atoms with Crippen molar-refractivity contribution in [3.63, 3.8) is 0 Å². The van der Waals surface area contributed by atoms with Gasteiger partial charge < -0.3 is 31.9 Å². The number of likely N-dealkylation sites (tertiary alicyclic amines) is 1. The van der Waals surface area contributed by atoms with E-state index in [2.05, 4.69) is 11.0 Å². The molecule has 1 N–H and O–H groups in total. The van der Waals surface area contributed by atoms with Crippen LogP contribution in [0.25, 0.3) is 22.8 Å². The van der Waals surface area contributed by atoms with Crippen molar-refractivity contribution in [2.75, 3.05) is 26.2 Å². The highest BCUT2D eigenvalue weighted by Crippen LogP contribution is 2.47. The van der Waals surface area contributed by atoms with Gasteiger partial charge in [0.05, 0.1) is 23.7 Å². The third kappa shape index (κ3) is 9.22. The number of hydrogen-bond acceptors (Lipinski definition) is 6. The van der Waals surface area contributed by atoms with Gasteiger partial charge in [0.25, 0.3) is 0 Å². The Balaban J connectivity index is 0.000000205. The molecule has 0 atom stereocenters. The molecule has 1 spiro atoms. The molecule has 0 radical (unpaired) electrons. The minimum absolute atomic E-state index is 0. The fraction of sp³-hybridized carbons (Fsp3) is 0.238. The van der Waals surface area contributed by atoms with Crippen molar-refractivity contribution in [1.29, 1.82) is 0 Å². The van der Waals surface area contributed by atoms with Gasteiger partial charge >= 0.3 is 11.8 Å². The summed E-state index contributed by atoms with van der Waals surface area (Å²) in [7, 11) is 0. The Labute approximate surface area is 332 Å². The number of para-hydroxylation sites is 2. The van der Waals surface area contributed by atoms with Crippen LogP contribution in [0.15, 0.2) is 127 Å². The summed E-state index contributed by atoms with van der Waals surface area (Å²) >= 11 is 6.32. The smallest absolute Gasteiger partial charge is 0.340 e. The van der Waals surface area contributed by atoms with Crippen LogP contribution in [0.5, 0.6) is 11.5 Å². The first-order valence-electron chi connectivity index (χ1n) is 17.5. The van der Waals surface area contributed by atoms with Gasteiger partial charge in [0.2, 0.25) is 0 Å². The Bertz CT molecular complexity index is 2050. The van der Waals surface area contributed by atoms with E-state index in [1.165, 1.54) is 5.56 Å². The topological polar surface area (TPSA) is 93.6 Å². The average Bonchev–Trinajstić information content (AvgIpc) is 3.78. The van der Waals surface area contributed by atoms with Gasteiger partial charge in [0.15, 0.2) is 5.69 Å². The van der Waals surface area contributed by atoms with Crippen LogP contribution in [0.1, 0.15) is 36.0 Å². The van der Waals surface area contributed by atoms with Gasteiger partial charge in [-0.05, 0) is 109 Å². The number of aromatic nitrogens is 4. The Morgan fingerprint density at radius 2 is 1.57 bits per heavy atom. The number of fused-ring (bicyclic) bond motifs is 2. The van der Waals surface area contributed by atoms with Crippen molar-refractivity contribution in [3.8, 4) is 34.3 Å². The molecule has 0 aliphatic carbocycles. The van der Waals surface area contributed by atoms with Crippen LogP contribution in [0.3, 0.4) is 0 Å². The maximum absolute atomic E-state index is 10.8. The van der Waals surface area contributed by atoms with Crippen LogP contribution >= 0.6 is 24.0 Å². The van der Waals surface area contributed by atoms with E-state index in [0.29, 0.717) is 25.6 Å². The van der Waals surface area contributed by atoms with Crippen molar-refractivity contribution in [2.24, 2.45) is 0 Å². The van der Waals surface area contributed by atoms with Crippen LogP contribution in [0, 0.1) is 6.92 Å². The normalized spacial score (nSPS) is 14.0. The van der Waals surface area contributed by atoms with E-state index in [-0.39, 0.29) is 36.6 Å². The number of carboxylic acids is 1. The zero-order chi connectivity index (χ0) is 35.9. The van der Waals surface area contributed by atoms with E-state index in [1.54, 1.807) is 0 Å². The lowest BCUT2D eigenvalue weighted by Crippen LogP contribution is -3.00. The van der Waals surface area contributed by atoms with Crippen molar-refractivity contribution >= 4 is 30.0 Å². The zero-order valence-electron chi connectivity index (χ0n) is 29.9. The standard InChI is InChI=1S/C23H26ClNO4.C19H15N4.2ClH/c1-16-3-2-4-20(24)18(16)14-28-17-5-6-21-19(13-17)23(15-29-21)8-11-25(12-9-23)10-7-22(26)27;1-4-10-16(11-5-1)19-20-22(17-12-6-2-7-13-17)23(21-19)18-14-8-3-9-15-18;;/h2-6,13H,7-12,14-15H2,1H3,(H,26,27);1-15H;2*1H/q;+1;;/p-1. The van der Waals surface area contributed by atoms with Crippen molar-refractivity contribution < 1.29 is 36.6 Å². The highest BCUT2D eigenvalue weighted by molar-refractivity contribution is 6.31. The van der Waals surface area contributed by atoms with Gasteiger partial charge in [-0.3, -0.25) is 4.79 Å². The van der Waals surface area contributed by atoms with Gasteiger partial charge in [-0.25, -0.2) is 0 Å². The summed E-state index contributed by atoms with van der Waals surface area (Å²) < 4.78 is 12.1. The lowest BCUT2D eigenvalue weighted by molar-refractivity contribution is -0.734. The number of carbonyl (C=O) groups is 1. The summed E-state index contributed by atoms with van der Waals surface area (Å²) in [5.74, 6) is 1.71. The summed E-state index contributed by atoms with van der Waals surface area (Å²) in [5, 5.41) is 19.0. The number of benzene rings is 5. The number of nitrogens with zero attached hydrogens (tertiary/aromatic N) is 5. The van der Waals surface area contributed by atoms with Crippen LogP contribution < -0.4 is 26.7 Å². The molecule has 0 bridgehead atoms. The van der Waals surface area contributed by atoms with E-state index in [4.69, 9.17) is 36.4 Å². The minimum atomic E-state index is -0.740. The van der Waals surface area contributed by atoms with Crippen molar-refractivity contribution in [1.82, 2.24) is 19.9 Å². The van der Waals surface area contributed by atoms with E-state index in [0.717, 1.165) is 70.5 Å². The molecule has 2 aliphatic heterocycles. The second-order valence-electron chi connectivity index (χ2n) is 13.2. The largest absolute Gasteiger partial charge is 1.00 e. The fourth-order valence-electron chi connectivity index (χ4n) is 6.75. The molecule has 54 heavy (non-hydrogen) atoms. The molecule has 280 valence electrons. The molecule has 2 aliphatic rings. The van der Waals surface area contributed by atoms with Gasteiger partial charge in [0.1, 0.15) is 23.8 Å². The number of tetrazole rings is 1. The molecule has 12 heteroatoms. The van der Waals surface area contributed by atoms with Crippen LogP contribution in [0.4, 0.5) is 0 Å². The number of piperidine rings is 1. The molecule has 8 rings (SSSR count). The fourth-order valence-corrected chi connectivity index (χ4v) is 7.03. The first-order valence-corrected chi connectivity index (χ1v) is 17.9. The highest BCUT2D eigenvalue weighted by Gasteiger charge is 2.43. The summed E-state index contributed by atoms with van der Waals surface area (Å²) in [5.41, 5.74) is 6.25. The number of aryl methyl sites for hydroxylation is 1. The quantitative estimate of drug-likeness (QED) is 0.205. The molecule has 5 aromatic carbocycles. The number of aliphatic carboxylic acids is 1. The zero-order valence-corrected chi connectivity index (χ0v) is 32.2. The molecule has 0 saturated carbocycles.